The van der Waals surface area contributed by atoms with E-state index in [1.807, 2.05) is 0 Å². The van der Waals surface area contributed by atoms with E-state index in [1.165, 1.54) is 4.57 Å². The second-order valence-electron chi connectivity index (χ2n) is 4.92. The molecule has 0 saturated heterocycles. The fraction of sp³-hybridized carbons (Fsp3) is 0.125. The first-order valence-electron chi connectivity index (χ1n) is 6.69. The molecule has 0 amide bonds. The number of hydrogen-bond acceptors (Lipinski definition) is 3. The molecule has 0 bridgehead atoms. The second kappa shape index (κ2) is 6.40. The second-order valence-corrected chi connectivity index (χ2v) is 6.20. The molecule has 2 aromatic carbocycles. The zero-order valence-electron chi connectivity index (χ0n) is 12.0. The minimum atomic E-state index is -0.182. The van der Waals surface area contributed by atoms with Crippen LogP contribution in [0.3, 0.4) is 0 Å². The maximum absolute atomic E-state index is 12.4. The highest BCUT2D eigenvalue weighted by molar-refractivity contribution is 6.35. The molecule has 0 N–H and O–H groups in total. The molecular formula is C16H11Cl3N2O2. The molecule has 4 nitrogen and oxygen atoms in total. The molecule has 0 spiro atoms. The first-order chi connectivity index (χ1) is 11.0. The van der Waals surface area contributed by atoms with Crippen molar-refractivity contribution in [2.45, 2.75) is 6.61 Å². The monoisotopic (exact) mass is 368 g/mol. The summed E-state index contributed by atoms with van der Waals surface area (Å²) in [7, 11) is 1.64. The molecule has 3 aromatic rings. The number of rotatable bonds is 3. The van der Waals surface area contributed by atoms with Crippen LogP contribution < -0.4 is 10.3 Å². The van der Waals surface area contributed by atoms with E-state index < -0.39 is 0 Å². The maximum Gasteiger partial charge on any atom is 0.261 e. The van der Waals surface area contributed by atoms with E-state index in [0.29, 0.717) is 37.5 Å². The lowest BCUT2D eigenvalue weighted by atomic mass is 10.2. The normalized spacial score (nSPS) is 11.0. The third-order valence-corrected chi connectivity index (χ3v) is 4.15. The standard InChI is InChI=1S/C16H11Cl3N2O2/c1-21-15(8-23-14-5-3-10(18)7-12(14)19)20-13-4-2-9(17)6-11(13)16(21)22/h2-7H,8H2,1H3. The van der Waals surface area contributed by atoms with E-state index in [1.54, 1.807) is 43.4 Å². The smallest absolute Gasteiger partial charge is 0.261 e. The summed E-state index contributed by atoms with van der Waals surface area (Å²) in [4.78, 5) is 16.8. The maximum atomic E-state index is 12.4. The van der Waals surface area contributed by atoms with E-state index in [2.05, 4.69) is 4.98 Å². The van der Waals surface area contributed by atoms with Gasteiger partial charge in [-0.2, -0.15) is 0 Å². The van der Waals surface area contributed by atoms with Gasteiger partial charge in [0.15, 0.2) is 0 Å². The zero-order valence-corrected chi connectivity index (χ0v) is 14.3. The van der Waals surface area contributed by atoms with Gasteiger partial charge in [-0.15, -0.1) is 0 Å². The molecule has 0 radical (unpaired) electrons. The van der Waals surface area contributed by atoms with Crippen LogP contribution in [-0.4, -0.2) is 9.55 Å². The summed E-state index contributed by atoms with van der Waals surface area (Å²) in [5.74, 6) is 0.956. The Morgan fingerprint density at radius 3 is 2.52 bits per heavy atom. The first kappa shape index (κ1) is 16.1. The van der Waals surface area contributed by atoms with E-state index in [-0.39, 0.29) is 12.2 Å². The first-order valence-corrected chi connectivity index (χ1v) is 7.82. The van der Waals surface area contributed by atoms with Gasteiger partial charge in [-0.05, 0) is 36.4 Å². The SMILES string of the molecule is Cn1c(COc2ccc(Cl)cc2Cl)nc2ccc(Cl)cc2c1=O. The van der Waals surface area contributed by atoms with Crippen LogP contribution in [0, 0.1) is 0 Å². The Morgan fingerprint density at radius 1 is 1.09 bits per heavy atom. The summed E-state index contributed by atoms with van der Waals surface area (Å²) < 4.78 is 7.08. The van der Waals surface area contributed by atoms with Crippen molar-refractivity contribution < 1.29 is 4.74 Å². The van der Waals surface area contributed by atoms with E-state index in [0.717, 1.165) is 0 Å². The molecule has 1 aromatic heterocycles. The Labute approximate surface area is 147 Å². The predicted molar refractivity (Wildman–Crippen MR) is 92.8 cm³/mol. The average molecular weight is 370 g/mol. The van der Waals surface area contributed by atoms with Gasteiger partial charge in [0, 0.05) is 17.1 Å². The van der Waals surface area contributed by atoms with Crippen molar-refractivity contribution in [2.75, 3.05) is 0 Å². The molecule has 1 heterocycles. The number of hydrogen-bond donors (Lipinski definition) is 0. The fourth-order valence-corrected chi connectivity index (χ4v) is 2.79. The summed E-state index contributed by atoms with van der Waals surface area (Å²) in [6, 6.07) is 9.94. The average Bonchev–Trinajstić information content (AvgIpc) is 2.51. The molecular weight excluding hydrogens is 359 g/mol. The van der Waals surface area contributed by atoms with Crippen molar-refractivity contribution in [1.82, 2.24) is 9.55 Å². The fourth-order valence-electron chi connectivity index (χ4n) is 2.15. The molecule has 23 heavy (non-hydrogen) atoms. The summed E-state index contributed by atoms with van der Waals surface area (Å²) in [6.45, 7) is 0.103. The van der Waals surface area contributed by atoms with Gasteiger partial charge < -0.3 is 4.74 Å². The Balaban J connectivity index is 1.95. The largest absolute Gasteiger partial charge is 0.484 e. The predicted octanol–water partition coefficient (Wildman–Crippen LogP) is 4.47. The third kappa shape index (κ3) is 3.29. The lowest BCUT2D eigenvalue weighted by molar-refractivity contribution is 0.290. The van der Waals surface area contributed by atoms with Gasteiger partial charge in [0.2, 0.25) is 0 Å². The van der Waals surface area contributed by atoms with Gasteiger partial charge in [0.05, 0.1) is 15.9 Å². The number of aromatic nitrogens is 2. The molecule has 0 aliphatic rings. The molecule has 0 aliphatic heterocycles. The lowest BCUT2D eigenvalue weighted by Crippen LogP contribution is -2.23. The summed E-state index contributed by atoms with van der Waals surface area (Å²) in [5.41, 5.74) is 0.386. The minimum absolute atomic E-state index is 0.103. The number of fused-ring (bicyclic) bond motifs is 1. The van der Waals surface area contributed by atoms with Gasteiger partial charge in [-0.3, -0.25) is 9.36 Å². The van der Waals surface area contributed by atoms with Gasteiger partial charge in [-0.25, -0.2) is 4.98 Å². The topological polar surface area (TPSA) is 44.1 Å². The Morgan fingerprint density at radius 2 is 1.78 bits per heavy atom. The molecule has 7 heteroatoms. The van der Waals surface area contributed by atoms with Gasteiger partial charge in [0.1, 0.15) is 18.2 Å². The van der Waals surface area contributed by atoms with Crippen LogP contribution in [0.4, 0.5) is 0 Å². The van der Waals surface area contributed by atoms with Crippen molar-refractivity contribution in [2.24, 2.45) is 7.05 Å². The van der Waals surface area contributed by atoms with Crippen molar-refractivity contribution in [3.63, 3.8) is 0 Å². The minimum Gasteiger partial charge on any atom is -0.484 e. The van der Waals surface area contributed by atoms with E-state index in [9.17, 15) is 4.79 Å². The van der Waals surface area contributed by atoms with Crippen molar-refractivity contribution in [3.8, 4) is 5.75 Å². The van der Waals surface area contributed by atoms with E-state index >= 15 is 0 Å². The Hall–Kier alpha value is -1.75. The van der Waals surface area contributed by atoms with Crippen LogP contribution in [0.1, 0.15) is 5.82 Å². The molecule has 0 saturated carbocycles. The molecule has 0 unspecified atom stereocenters. The van der Waals surface area contributed by atoms with Crippen LogP contribution >= 0.6 is 34.8 Å². The number of nitrogens with zero attached hydrogens (tertiary/aromatic N) is 2. The van der Waals surface area contributed by atoms with Crippen LogP contribution in [0.5, 0.6) is 5.75 Å². The lowest BCUT2D eigenvalue weighted by Gasteiger charge is -2.12. The van der Waals surface area contributed by atoms with Crippen molar-refractivity contribution in [3.05, 3.63) is 67.6 Å². The highest BCUT2D eigenvalue weighted by atomic mass is 35.5. The molecule has 118 valence electrons. The van der Waals surface area contributed by atoms with Crippen LogP contribution in [0.15, 0.2) is 41.2 Å². The number of benzene rings is 2. The molecule has 0 aliphatic carbocycles. The molecule has 0 atom stereocenters. The van der Waals surface area contributed by atoms with Crippen LogP contribution in [0.2, 0.25) is 15.1 Å². The Kier molecular flexibility index (Phi) is 4.48. The number of ether oxygens (including phenoxy) is 1. The van der Waals surface area contributed by atoms with Gasteiger partial charge >= 0.3 is 0 Å². The highest BCUT2D eigenvalue weighted by Crippen LogP contribution is 2.28. The third-order valence-electron chi connectivity index (χ3n) is 3.38. The summed E-state index contributed by atoms with van der Waals surface area (Å²) in [5, 5.41) is 1.88. The van der Waals surface area contributed by atoms with Gasteiger partial charge in [0.25, 0.3) is 5.56 Å². The Bertz CT molecular complexity index is 954. The van der Waals surface area contributed by atoms with Gasteiger partial charge in [-0.1, -0.05) is 34.8 Å². The quantitative estimate of drug-likeness (QED) is 0.684. The summed E-state index contributed by atoms with van der Waals surface area (Å²) >= 11 is 17.8. The van der Waals surface area contributed by atoms with Crippen molar-refractivity contribution >= 4 is 45.7 Å². The zero-order chi connectivity index (χ0) is 16.6. The van der Waals surface area contributed by atoms with Crippen LogP contribution in [-0.2, 0) is 13.7 Å². The molecule has 0 fully saturated rings. The van der Waals surface area contributed by atoms with E-state index in [4.69, 9.17) is 39.5 Å². The summed E-state index contributed by atoms with van der Waals surface area (Å²) in [6.07, 6.45) is 0. The number of halogens is 3. The highest BCUT2D eigenvalue weighted by Gasteiger charge is 2.10. The molecule has 3 rings (SSSR count). The van der Waals surface area contributed by atoms with Crippen LogP contribution in [0.25, 0.3) is 10.9 Å². The van der Waals surface area contributed by atoms with Crippen molar-refractivity contribution in [1.29, 1.82) is 0 Å².